The fraction of sp³-hybridized carbons (Fsp3) is 0.438. The summed E-state index contributed by atoms with van der Waals surface area (Å²) in [5, 5.41) is 9.20. The Morgan fingerprint density at radius 1 is 1.39 bits per heavy atom. The fourth-order valence-electron chi connectivity index (χ4n) is 2.51. The summed E-state index contributed by atoms with van der Waals surface area (Å²) in [5.41, 5.74) is 1.03. The lowest BCUT2D eigenvalue weighted by molar-refractivity contribution is -0.158. The number of benzene rings is 1. The van der Waals surface area contributed by atoms with Gasteiger partial charge < -0.3 is 19.5 Å². The molecule has 0 bridgehead atoms. The third-order valence-corrected chi connectivity index (χ3v) is 3.76. The minimum atomic E-state index is -1.09. The van der Waals surface area contributed by atoms with E-state index in [4.69, 9.17) is 9.47 Å². The number of carbonyl (C=O) groups excluding carboxylic acids is 2. The molecule has 2 rings (SSSR count). The quantitative estimate of drug-likeness (QED) is 0.805. The first-order chi connectivity index (χ1) is 10.9. The Morgan fingerprint density at radius 2 is 2.13 bits per heavy atom. The van der Waals surface area contributed by atoms with Gasteiger partial charge in [-0.25, -0.2) is 4.79 Å². The Morgan fingerprint density at radius 3 is 2.74 bits per heavy atom. The van der Waals surface area contributed by atoms with Crippen LogP contribution in [0.5, 0.6) is 5.75 Å². The Balaban J connectivity index is 2.23. The molecule has 1 atom stereocenters. The maximum absolute atomic E-state index is 12.5. The summed E-state index contributed by atoms with van der Waals surface area (Å²) in [7, 11) is 1.48. The van der Waals surface area contributed by atoms with Gasteiger partial charge >= 0.3 is 5.97 Å². The Hall–Kier alpha value is -2.41. The maximum atomic E-state index is 12.5. The minimum absolute atomic E-state index is 0.0221. The van der Waals surface area contributed by atoms with E-state index in [0.717, 1.165) is 0 Å². The van der Waals surface area contributed by atoms with Crippen molar-refractivity contribution in [3.05, 3.63) is 29.3 Å². The summed E-state index contributed by atoms with van der Waals surface area (Å²) in [4.78, 5) is 36.5. The van der Waals surface area contributed by atoms with Crippen LogP contribution in [0.3, 0.4) is 0 Å². The van der Waals surface area contributed by atoms with Crippen LogP contribution >= 0.6 is 0 Å². The molecule has 0 aliphatic carbocycles. The largest absolute Gasteiger partial charge is 0.496 e. The SMILES string of the molecule is COc1ccc(C(C)=O)cc1CC(=O)N1CCOCC1C(=O)O. The summed E-state index contributed by atoms with van der Waals surface area (Å²) in [6.07, 6.45) is -0.0337. The summed E-state index contributed by atoms with van der Waals surface area (Å²) >= 11 is 0. The van der Waals surface area contributed by atoms with E-state index in [2.05, 4.69) is 0 Å². The molecule has 0 spiro atoms. The molecular formula is C16H19NO6. The van der Waals surface area contributed by atoms with Crippen molar-refractivity contribution in [2.45, 2.75) is 19.4 Å². The molecule has 1 saturated heterocycles. The summed E-state index contributed by atoms with van der Waals surface area (Å²) in [6, 6.07) is 3.88. The smallest absolute Gasteiger partial charge is 0.328 e. The van der Waals surface area contributed by atoms with Gasteiger partial charge in [0.1, 0.15) is 5.75 Å². The molecule has 23 heavy (non-hydrogen) atoms. The molecule has 124 valence electrons. The lowest BCUT2D eigenvalue weighted by Crippen LogP contribution is -2.53. The first-order valence-electron chi connectivity index (χ1n) is 7.22. The number of aliphatic carboxylic acids is 1. The fourth-order valence-corrected chi connectivity index (χ4v) is 2.51. The van der Waals surface area contributed by atoms with Crippen LogP contribution in [-0.2, 0) is 20.7 Å². The summed E-state index contributed by atoms with van der Waals surface area (Å²) in [6.45, 7) is 1.95. The molecule has 1 aromatic carbocycles. The maximum Gasteiger partial charge on any atom is 0.328 e. The molecule has 1 amide bonds. The zero-order valence-electron chi connectivity index (χ0n) is 13.1. The lowest BCUT2D eigenvalue weighted by atomic mass is 10.0. The number of morpholine rings is 1. The topological polar surface area (TPSA) is 93.1 Å². The van der Waals surface area contributed by atoms with Crippen molar-refractivity contribution < 1.29 is 29.0 Å². The van der Waals surface area contributed by atoms with Crippen molar-refractivity contribution in [3.8, 4) is 5.75 Å². The highest BCUT2D eigenvalue weighted by atomic mass is 16.5. The van der Waals surface area contributed by atoms with E-state index in [1.807, 2.05) is 0 Å². The molecule has 1 N–H and O–H groups in total. The van der Waals surface area contributed by atoms with Crippen LogP contribution in [0.25, 0.3) is 0 Å². The van der Waals surface area contributed by atoms with Gasteiger partial charge in [-0.2, -0.15) is 0 Å². The van der Waals surface area contributed by atoms with Gasteiger partial charge in [-0.1, -0.05) is 0 Å². The van der Waals surface area contributed by atoms with Crippen LogP contribution in [0.1, 0.15) is 22.8 Å². The molecule has 1 fully saturated rings. The zero-order chi connectivity index (χ0) is 17.0. The normalized spacial score (nSPS) is 17.7. The summed E-state index contributed by atoms with van der Waals surface area (Å²) in [5.74, 6) is -1.05. The standard InChI is InChI=1S/C16H19NO6/c1-10(18)11-3-4-14(22-2)12(7-11)8-15(19)17-5-6-23-9-13(17)16(20)21/h3-4,7,13H,5-6,8-9H2,1-2H3,(H,20,21). The van der Waals surface area contributed by atoms with Gasteiger partial charge in [0.2, 0.25) is 5.91 Å². The van der Waals surface area contributed by atoms with Crippen molar-refractivity contribution in [1.82, 2.24) is 4.90 Å². The lowest BCUT2D eigenvalue weighted by Gasteiger charge is -2.33. The molecule has 0 saturated carbocycles. The number of nitrogens with zero attached hydrogens (tertiary/aromatic N) is 1. The highest BCUT2D eigenvalue weighted by Crippen LogP contribution is 2.22. The molecule has 0 aromatic heterocycles. The van der Waals surface area contributed by atoms with Crippen LogP contribution in [-0.4, -0.2) is 60.6 Å². The number of carboxylic acids is 1. The average Bonchev–Trinajstić information content (AvgIpc) is 2.54. The number of rotatable bonds is 5. The van der Waals surface area contributed by atoms with Crippen molar-refractivity contribution in [2.24, 2.45) is 0 Å². The predicted octanol–water partition coefficient (Wildman–Crippen LogP) is 0.752. The Labute approximate surface area is 133 Å². The molecule has 0 radical (unpaired) electrons. The Kier molecular flexibility index (Phi) is 5.33. The van der Waals surface area contributed by atoms with Crippen molar-refractivity contribution in [1.29, 1.82) is 0 Å². The second-order valence-corrected chi connectivity index (χ2v) is 5.28. The van der Waals surface area contributed by atoms with Crippen LogP contribution in [0.2, 0.25) is 0 Å². The van der Waals surface area contributed by atoms with E-state index in [1.54, 1.807) is 18.2 Å². The number of carboxylic acid groups (broad SMARTS) is 1. The number of ether oxygens (including phenoxy) is 2. The van der Waals surface area contributed by atoms with Crippen molar-refractivity contribution in [3.63, 3.8) is 0 Å². The number of amides is 1. The molecule has 1 aliphatic heterocycles. The number of Topliss-reactive ketones (excluding diaryl/α,β-unsaturated/α-hetero) is 1. The number of hydrogen-bond acceptors (Lipinski definition) is 5. The molecule has 7 heteroatoms. The first kappa shape index (κ1) is 17.0. The van der Waals surface area contributed by atoms with Crippen LogP contribution in [0.15, 0.2) is 18.2 Å². The number of methoxy groups -OCH3 is 1. The second-order valence-electron chi connectivity index (χ2n) is 5.28. The van der Waals surface area contributed by atoms with E-state index in [0.29, 0.717) is 23.5 Å². The molecule has 1 unspecified atom stereocenters. The average molecular weight is 321 g/mol. The van der Waals surface area contributed by atoms with Crippen molar-refractivity contribution in [2.75, 3.05) is 26.9 Å². The number of hydrogen-bond donors (Lipinski definition) is 1. The third-order valence-electron chi connectivity index (χ3n) is 3.76. The van der Waals surface area contributed by atoms with E-state index >= 15 is 0 Å². The zero-order valence-corrected chi connectivity index (χ0v) is 13.1. The highest BCUT2D eigenvalue weighted by Gasteiger charge is 2.32. The van der Waals surface area contributed by atoms with Gasteiger partial charge in [0.05, 0.1) is 26.7 Å². The second kappa shape index (κ2) is 7.23. The predicted molar refractivity (Wildman–Crippen MR) is 80.7 cm³/mol. The van der Waals surface area contributed by atoms with E-state index < -0.39 is 12.0 Å². The molecule has 1 aliphatic rings. The Bertz CT molecular complexity index is 627. The number of carbonyl (C=O) groups is 3. The van der Waals surface area contributed by atoms with Crippen molar-refractivity contribution >= 4 is 17.7 Å². The van der Waals surface area contributed by atoms with Gasteiger partial charge in [-0.3, -0.25) is 9.59 Å². The third kappa shape index (κ3) is 3.87. The van der Waals surface area contributed by atoms with Crippen LogP contribution in [0, 0.1) is 0 Å². The summed E-state index contributed by atoms with van der Waals surface area (Å²) < 4.78 is 10.3. The highest BCUT2D eigenvalue weighted by molar-refractivity contribution is 5.95. The van der Waals surface area contributed by atoms with Crippen LogP contribution in [0.4, 0.5) is 0 Å². The van der Waals surface area contributed by atoms with Gasteiger partial charge in [-0.05, 0) is 25.1 Å². The molecule has 1 aromatic rings. The molecule has 7 nitrogen and oxygen atoms in total. The monoisotopic (exact) mass is 321 g/mol. The number of ketones is 1. The van der Waals surface area contributed by atoms with Gasteiger partial charge in [0.15, 0.2) is 11.8 Å². The first-order valence-corrected chi connectivity index (χ1v) is 7.22. The van der Waals surface area contributed by atoms with Gasteiger partial charge in [0, 0.05) is 17.7 Å². The molecule has 1 heterocycles. The molecular weight excluding hydrogens is 302 g/mol. The van der Waals surface area contributed by atoms with E-state index in [-0.39, 0.29) is 31.3 Å². The van der Waals surface area contributed by atoms with Gasteiger partial charge in [-0.15, -0.1) is 0 Å². The van der Waals surface area contributed by atoms with Gasteiger partial charge in [0.25, 0.3) is 0 Å². The van der Waals surface area contributed by atoms with Crippen LogP contribution < -0.4 is 4.74 Å². The van der Waals surface area contributed by atoms with E-state index in [1.165, 1.54) is 18.9 Å². The van der Waals surface area contributed by atoms with E-state index in [9.17, 15) is 19.5 Å². The minimum Gasteiger partial charge on any atom is -0.496 e.